The minimum Gasteiger partial charge on any atom is -0.447 e. The Morgan fingerprint density at radius 1 is 1.00 bits per heavy atom. The van der Waals surface area contributed by atoms with Crippen molar-refractivity contribution < 1.29 is 23.9 Å². The molecule has 7 heteroatoms. The average molecular weight is 451 g/mol. The molecule has 7 nitrogen and oxygen atoms in total. The largest absolute Gasteiger partial charge is 0.447 e. The molecule has 0 aliphatic carbocycles. The van der Waals surface area contributed by atoms with E-state index in [-0.39, 0.29) is 31.0 Å². The second-order valence-electron chi connectivity index (χ2n) is 9.64. The van der Waals surface area contributed by atoms with E-state index in [1.165, 1.54) is 4.90 Å². The van der Waals surface area contributed by atoms with Gasteiger partial charge in [0.15, 0.2) is 0 Å². The van der Waals surface area contributed by atoms with Crippen molar-refractivity contribution in [2.24, 2.45) is 5.92 Å². The van der Waals surface area contributed by atoms with Crippen molar-refractivity contribution in [3.8, 4) is 0 Å². The van der Waals surface area contributed by atoms with Crippen LogP contribution >= 0.6 is 0 Å². The van der Waals surface area contributed by atoms with Gasteiger partial charge in [0, 0.05) is 19.0 Å². The molecule has 0 unspecified atom stereocenters. The standard InChI is InChI=1S/C26H30N2O5/c1-26(2,3)33-24(30)27-15-21(19-12-8-5-9-13-19)22(16-27)23(29)28-20(17-32-25(28)31)14-18-10-6-4-7-11-18/h4-13,20-22H,14-17H2,1-3H3/t20-,21+,22-/m1/s1. The third-order valence-corrected chi connectivity index (χ3v) is 6.03. The van der Waals surface area contributed by atoms with E-state index in [2.05, 4.69) is 0 Å². The summed E-state index contributed by atoms with van der Waals surface area (Å²) in [5.74, 6) is -1.11. The minimum atomic E-state index is -0.638. The summed E-state index contributed by atoms with van der Waals surface area (Å²) in [6.45, 7) is 6.14. The Kier molecular flexibility index (Phi) is 6.40. The maximum absolute atomic E-state index is 13.7. The van der Waals surface area contributed by atoms with Crippen molar-refractivity contribution in [2.75, 3.05) is 19.7 Å². The lowest BCUT2D eigenvalue weighted by Crippen LogP contribution is -2.45. The van der Waals surface area contributed by atoms with Crippen LogP contribution in [0.4, 0.5) is 9.59 Å². The minimum absolute atomic E-state index is 0.165. The molecule has 2 heterocycles. The van der Waals surface area contributed by atoms with Crippen LogP contribution in [0.25, 0.3) is 0 Å². The predicted octanol–water partition coefficient (Wildman–Crippen LogP) is 4.23. The van der Waals surface area contributed by atoms with Crippen LogP contribution in [-0.2, 0) is 20.7 Å². The fourth-order valence-corrected chi connectivity index (χ4v) is 4.51. The van der Waals surface area contributed by atoms with E-state index in [0.29, 0.717) is 13.0 Å². The maximum atomic E-state index is 13.7. The van der Waals surface area contributed by atoms with Crippen molar-refractivity contribution in [2.45, 2.75) is 44.8 Å². The molecular formula is C26H30N2O5. The zero-order valence-corrected chi connectivity index (χ0v) is 19.3. The lowest BCUT2D eigenvalue weighted by atomic mass is 9.87. The van der Waals surface area contributed by atoms with E-state index in [1.807, 2.05) is 81.4 Å². The lowest BCUT2D eigenvalue weighted by molar-refractivity contribution is -0.133. The first-order valence-corrected chi connectivity index (χ1v) is 11.3. The summed E-state index contributed by atoms with van der Waals surface area (Å²) in [5, 5.41) is 0. The topological polar surface area (TPSA) is 76.2 Å². The van der Waals surface area contributed by atoms with Gasteiger partial charge in [0.1, 0.15) is 12.2 Å². The van der Waals surface area contributed by atoms with Gasteiger partial charge in [-0.15, -0.1) is 0 Å². The molecule has 2 saturated heterocycles. The molecule has 2 aromatic carbocycles. The summed E-state index contributed by atoms with van der Waals surface area (Å²) in [5.41, 5.74) is 1.34. The van der Waals surface area contributed by atoms with E-state index in [0.717, 1.165) is 11.1 Å². The highest BCUT2D eigenvalue weighted by Gasteiger charge is 2.48. The summed E-state index contributed by atoms with van der Waals surface area (Å²) in [6, 6.07) is 19.0. The second kappa shape index (κ2) is 9.25. The monoisotopic (exact) mass is 450 g/mol. The van der Waals surface area contributed by atoms with Gasteiger partial charge in [-0.1, -0.05) is 60.7 Å². The molecule has 0 aromatic heterocycles. The van der Waals surface area contributed by atoms with Gasteiger partial charge in [0.25, 0.3) is 0 Å². The summed E-state index contributed by atoms with van der Waals surface area (Å²) >= 11 is 0. The Balaban J connectivity index is 1.58. The maximum Gasteiger partial charge on any atom is 0.416 e. The van der Waals surface area contributed by atoms with Crippen LogP contribution in [0, 0.1) is 5.92 Å². The summed E-state index contributed by atoms with van der Waals surface area (Å²) in [4.78, 5) is 41.9. The number of carbonyl (C=O) groups is 3. The number of ether oxygens (including phenoxy) is 2. The molecule has 2 aliphatic rings. The lowest BCUT2D eigenvalue weighted by Gasteiger charge is -2.26. The molecule has 3 amide bonds. The summed E-state index contributed by atoms with van der Waals surface area (Å²) < 4.78 is 10.8. The van der Waals surface area contributed by atoms with Crippen LogP contribution in [0.3, 0.4) is 0 Å². The molecule has 0 bridgehead atoms. The molecule has 4 rings (SSSR count). The van der Waals surface area contributed by atoms with Gasteiger partial charge < -0.3 is 14.4 Å². The Hall–Kier alpha value is -3.35. The van der Waals surface area contributed by atoms with Crippen molar-refractivity contribution in [1.82, 2.24) is 9.80 Å². The molecule has 2 aliphatic heterocycles. The van der Waals surface area contributed by atoms with Gasteiger partial charge >= 0.3 is 12.2 Å². The highest BCUT2D eigenvalue weighted by atomic mass is 16.6. The zero-order valence-electron chi connectivity index (χ0n) is 19.3. The van der Waals surface area contributed by atoms with E-state index in [9.17, 15) is 14.4 Å². The first kappa shape index (κ1) is 22.8. The highest BCUT2D eigenvalue weighted by Crippen LogP contribution is 2.36. The van der Waals surface area contributed by atoms with Crippen LogP contribution in [0.5, 0.6) is 0 Å². The molecule has 2 fully saturated rings. The number of carbonyl (C=O) groups excluding carboxylic acids is 3. The normalized spacial score (nSPS) is 22.9. The van der Waals surface area contributed by atoms with Gasteiger partial charge in [0.05, 0.1) is 12.0 Å². The van der Waals surface area contributed by atoms with Crippen LogP contribution in [0.1, 0.15) is 37.8 Å². The number of cyclic esters (lactones) is 1. The molecule has 33 heavy (non-hydrogen) atoms. The van der Waals surface area contributed by atoms with Crippen molar-refractivity contribution in [3.63, 3.8) is 0 Å². The number of likely N-dealkylation sites (tertiary alicyclic amines) is 1. The number of amides is 3. The van der Waals surface area contributed by atoms with Crippen molar-refractivity contribution in [3.05, 3.63) is 71.8 Å². The van der Waals surface area contributed by atoms with Crippen LogP contribution in [0.15, 0.2) is 60.7 Å². The number of hydrogen-bond donors (Lipinski definition) is 0. The van der Waals surface area contributed by atoms with Crippen LogP contribution < -0.4 is 0 Å². The Labute approximate surface area is 194 Å². The third-order valence-electron chi connectivity index (χ3n) is 6.03. The average Bonchev–Trinajstić information content (AvgIpc) is 3.38. The highest BCUT2D eigenvalue weighted by molar-refractivity contribution is 5.96. The van der Waals surface area contributed by atoms with E-state index in [4.69, 9.17) is 9.47 Å². The molecule has 3 atom stereocenters. The number of benzene rings is 2. The fraction of sp³-hybridized carbons (Fsp3) is 0.423. The molecule has 0 N–H and O–H groups in total. The molecule has 0 saturated carbocycles. The first-order chi connectivity index (χ1) is 15.7. The van der Waals surface area contributed by atoms with Crippen molar-refractivity contribution in [1.29, 1.82) is 0 Å². The van der Waals surface area contributed by atoms with E-state index < -0.39 is 23.7 Å². The smallest absolute Gasteiger partial charge is 0.416 e. The summed E-state index contributed by atoms with van der Waals surface area (Å²) in [6.07, 6.45) is -0.552. The molecule has 0 radical (unpaired) electrons. The Morgan fingerprint density at radius 2 is 1.64 bits per heavy atom. The van der Waals surface area contributed by atoms with Gasteiger partial charge in [0.2, 0.25) is 5.91 Å². The molecule has 174 valence electrons. The SMILES string of the molecule is CC(C)(C)OC(=O)N1C[C@@H](C(=O)N2C(=O)OC[C@H]2Cc2ccccc2)[C@H](c2ccccc2)C1. The number of nitrogens with zero attached hydrogens (tertiary/aromatic N) is 2. The Bertz CT molecular complexity index is 1000. The first-order valence-electron chi connectivity index (χ1n) is 11.3. The fourth-order valence-electron chi connectivity index (χ4n) is 4.51. The molecule has 0 spiro atoms. The summed E-state index contributed by atoms with van der Waals surface area (Å²) in [7, 11) is 0. The quantitative estimate of drug-likeness (QED) is 0.697. The molecular weight excluding hydrogens is 420 g/mol. The van der Waals surface area contributed by atoms with Gasteiger partial charge in [-0.25, -0.2) is 14.5 Å². The zero-order chi connectivity index (χ0) is 23.6. The van der Waals surface area contributed by atoms with E-state index in [1.54, 1.807) is 4.90 Å². The van der Waals surface area contributed by atoms with E-state index >= 15 is 0 Å². The van der Waals surface area contributed by atoms with Gasteiger partial charge in [-0.3, -0.25) is 4.79 Å². The predicted molar refractivity (Wildman–Crippen MR) is 123 cm³/mol. The van der Waals surface area contributed by atoms with Gasteiger partial charge in [-0.2, -0.15) is 0 Å². The Morgan fingerprint density at radius 3 is 2.27 bits per heavy atom. The van der Waals surface area contributed by atoms with Crippen LogP contribution in [0.2, 0.25) is 0 Å². The van der Waals surface area contributed by atoms with Gasteiger partial charge in [-0.05, 0) is 38.3 Å². The molecule has 2 aromatic rings. The number of imide groups is 1. The number of hydrogen-bond acceptors (Lipinski definition) is 5. The number of rotatable bonds is 4. The second-order valence-corrected chi connectivity index (χ2v) is 9.64. The van der Waals surface area contributed by atoms with Crippen LogP contribution in [-0.4, -0.2) is 59.2 Å². The third kappa shape index (κ3) is 5.18. The van der Waals surface area contributed by atoms with Crippen molar-refractivity contribution >= 4 is 18.1 Å².